The molecule has 0 spiro atoms. The molecular formula is C17H16N4O2. The Hall–Kier alpha value is -2.94. The van der Waals surface area contributed by atoms with Crippen LogP contribution in [-0.4, -0.2) is 40.5 Å². The van der Waals surface area contributed by atoms with Crippen molar-refractivity contribution in [3.8, 4) is 11.8 Å². The smallest absolute Gasteiger partial charge is 0.253 e. The van der Waals surface area contributed by atoms with E-state index in [0.717, 1.165) is 18.5 Å². The van der Waals surface area contributed by atoms with Crippen molar-refractivity contribution in [3.05, 3.63) is 54.1 Å². The van der Waals surface area contributed by atoms with Crippen LogP contribution in [-0.2, 0) is 0 Å². The lowest BCUT2D eigenvalue weighted by Crippen LogP contribution is -2.29. The van der Waals surface area contributed by atoms with Gasteiger partial charge >= 0.3 is 0 Å². The number of nitrogens with zero attached hydrogens (tertiary/aromatic N) is 4. The van der Waals surface area contributed by atoms with E-state index in [4.69, 9.17) is 10.00 Å². The van der Waals surface area contributed by atoms with Crippen molar-refractivity contribution in [2.45, 2.75) is 6.42 Å². The second kappa shape index (κ2) is 6.88. The van der Waals surface area contributed by atoms with Crippen LogP contribution in [0.4, 0.5) is 0 Å². The molecule has 0 aliphatic carbocycles. The summed E-state index contributed by atoms with van der Waals surface area (Å²) in [4.78, 5) is 22.0. The highest BCUT2D eigenvalue weighted by atomic mass is 16.5. The highest BCUT2D eigenvalue weighted by Gasteiger charge is 2.27. The standard InChI is InChI=1S/C17H16N4O2/c18-8-16-19-9-15(10-20-16)23-12-13-6-7-21(11-13)17(22)14-4-2-1-3-5-14/h1-5,9-10,13H,6-7,11-12H2. The topological polar surface area (TPSA) is 79.1 Å². The minimum absolute atomic E-state index is 0.0646. The zero-order valence-corrected chi connectivity index (χ0v) is 12.6. The van der Waals surface area contributed by atoms with Crippen molar-refractivity contribution in [2.24, 2.45) is 5.92 Å². The molecule has 0 N–H and O–H groups in total. The Morgan fingerprint density at radius 3 is 2.74 bits per heavy atom. The van der Waals surface area contributed by atoms with Gasteiger partial charge in [0.25, 0.3) is 5.91 Å². The van der Waals surface area contributed by atoms with Crippen molar-refractivity contribution in [1.82, 2.24) is 14.9 Å². The molecule has 2 heterocycles. The number of carbonyl (C=O) groups excluding carboxylic acids is 1. The molecule has 6 nitrogen and oxygen atoms in total. The minimum Gasteiger partial charge on any atom is -0.490 e. The third kappa shape index (κ3) is 3.64. The minimum atomic E-state index is 0.0646. The molecule has 1 aromatic heterocycles. The molecule has 1 fully saturated rings. The number of amides is 1. The SMILES string of the molecule is N#Cc1ncc(OCC2CCN(C(=O)c3ccccc3)C2)cn1. The first-order valence-electron chi connectivity index (χ1n) is 7.45. The normalized spacial score (nSPS) is 16.8. The van der Waals surface area contributed by atoms with Crippen molar-refractivity contribution in [2.75, 3.05) is 19.7 Å². The zero-order chi connectivity index (χ0) is 16.1. The van der Waals surface area contributed by atoms with E-state index < -0.39 is 0 Å². The molecular weight excluding hydrogens is 292 g/mol. The van der Waals surface area contributed by atoms with Gasteiger partial charge in [0.15, 0.2) is 5.75 Å². The Bertz CT molecular complexity index is 710. The molecule has 0 bridgehead atoms. The van der Waals surface area contributed by atoms with Gasteiger partial charge in [0.1, 0.15) is 6.07 Å². The van der Waals surface area contributed by atoms with E-state index in [0.29, 0.717) is 24.8 Å². The van der Waals surface area contributed by atoms with Crippen LogP contribution in [0.25, 0.3) is 0 Å². The maximum atomic E-state index is 12.4. The highest BCUT2D eigenvalue weighted by molar-refractivity contribution is 5.94. The molecule has 3 rings (SSSR count). The average Bonchev–Trinajstić information content (AvgIpc) is 3.09. The average molecular weight is 308 g/mol. The number of aromatic nitrogens is 2. The second-order valence-electron chi connectivity index (χ2n) is 5.44. The summed E-state index contributed by atoms with van der Waals surface area (Å²) in [6.07, 6.45) is 3.90. The highest BCUT2D eigenvalue weighted by Crippen LogP contribution is 2.20. The molecule has 1 unspecified atom stereocenters. The summed E-state index contributed by atoms with van der Waals surface area (Å²) in [5.41, 5.74) is 0.717. The fourth-order valence-electron chi connectivity index (χ4n) is 2.58. The molecule has 6 heteroatoms. The number of rotatable bonds is 4. The van der Waals surface area contributed by atoms with Crippen LogP contribution in [0.3, 0.4) is 0 Å². The summed E-state index contributed by atoms with van der Waals surface area (Å²) in [7, 11) is 0. The predicted octanol–water partition coefficient (Wildman–Crippen LogP) is 1.89. The lowest BCUT2D eigenvalue weighted by atomic mass is 10.1. The first-order valence-corrected chi connectivity index (χ1v) is 7.45. The maximum absolute atomic E-state index is 12.4. The lowest BCUT2D eigenvalue weighted by molar-refractivity contribution is 0.0783. The first kappa shape index (κ1) is 15.0. The number of carbonyl (C=O) groups is 1. The van der Waals surface area contributed by atoms with E-state index in [2.05, 4.69) is 9.97 Å². The van der Waals surface area contributed by atoms with Gasteiger partial charge < -0.3 is 9.64 Å². The summed E-state index contributed by atoms with van der Waals surface area (Å²) in [6.45, 7) is 1.93. The molecule has 0 radical (unpaired) electrons. The van der Waals surface area contributed by atoms with E-state index in [1.165, 1.54) is 12.4 Å². The molecule has 1 atom stereocenters. The quantitative estimate of drug-likeness (QED) is 0.861. The van der Waals surface area contributed by atoms with Crippen LogP contribution in [0.15, 0.2) is 42.7 Å². The van der Waals surface area contributed by atoms with E-state index in [1.54, 1.807) is 0 Å². The van der Waals surface area contributed by atoms with Crippen LogP contribution >= 0.6 is 0 Å². The molecule has 1 aliphatic heterocycles. The molecule has 1 aliphatic rings. The number of nitriles is 1. The van der Waals surface area contributed by atoms with Gasteiger partial charge in [-0.3, -0.25) is 4.79 Å². The third-order valence-corrected chi connectivity index (χ3v) is 3.81. The first-order chi connectivity index (χ1) is 11.3. The fraction of sp³-hybridized carbons (Fsp3) is 0.294. The van der Waals surface area contributed by atoms with Crippen molar-refractivity contribution >= 4 is 5.91 Å². The second-order valence-corrected chi connectivity index (χ2v) is 5.44. The number of benzene rings is 1. The van der Waals surface area contributed by atoms with Crippen LogP contribution in [0, 0.1) is 17.2 Å². The summed E-state index contributed by atoms with van der Waals surface area (Å²) in [5.74, 6) is 1.02. The molecule has 0 saturated carbocycles. The molecule has 1 amide bonds. The third-order valence-electron chi connectivity index (χ3n) is 3.81. The van der Waals surface area contributed by atoms with Crippen LogP contribution in [0.1, 0.15) is 22.6 Å². The maximum Gasteiger partial charge on any atom is 0.253 e. The van der Waals surface area contributed by atoms with Gasteiger partial charge in [0.05, 0.1) is 19.0 Å². The van der Waals surface area contributed by atoms with Gasteiger partial charge in [-0.05, 0) is 18.6 Å². The Kier molecular flexibility index (Phi) is 4.48. The number of hydrogen-bond donors (Lipinski definition) is 0. The summed E-state index contributed by atoms with van der Waals surface area (Å²) >= 11 is 0. The van der Waals surface area contributed by atoms with Crippen molar-refractivity contribution in [3.63, 3.8) is 0 Å². The van der Waals surface area contributed by atoms with Gasteiger partial charge in [-0.15, -0.1) is 0 Å². The summed E-state index contributed by atoms with van der Waals surface area (Å²) < 4.78 is 5.65. The van der Waals surface area contributed by atoms with Gasteiger partial charge in [-0.1, -0.05) is 18.2 Å². The van der Waals surface area contributed by atoms with Gasteiger partial charge in [0.2, 0.25) is 5.82 Å². The summed E-state index contributed by atoms with van der Waals surface area (Å²) in [5, 5.41) is 8.65. The number of ether oxygens (including phenoxy) is 1. The Labute approximate surface area is 134 Å². The molecule has 23 heavy (non-hydrogen) atoms. The molecule has 1 aromatic carbocycles. The fourth-order valence-corrected chi connectivity index (χ4v) is 2.58. The molecule has 1 saturated heterocycles. The predicted molar refractivity (Wildman–Crippen MR) is 82.7 cm³/mol. The Morgan fingerprint density at radius 2 is 2.04 bits per heavy atom. The number of hydrogen-bond acceptors (Lipinski definition) is 5. The van der Waals surface area contributed by atoms with Crippen LogP contribution in [0.5, 0.6) is 5.75 Å². The van der Waals surface area contributed by atoms with Crippen molar-refractivity contribution in [1.29, 1.82) is 5.26 Å². The van der Waals surface area contributed by atoms with Crippen molar-refractivity contribution < 1.29 is 9.53 Å². The molecule has 116 valence electrons. The zero-order valence-electron chi connectivity index (χ0n) is 12.6. The largest absolute Gasteiger partial charge is 0.490 e. The summed E-state index contributed by atoms with van der Waals surface area (Å²) in [6, 6.07) is 11.2. The van der Waals surface area contributed by atoms with Crippen LogP contribution in [0.2, 0.25) is 0 Å². The lowest BCUT2D eigenvalue weighted by Gasteiger charge is -2.16. The van der Waals surface area contributed by atoms with Crippen LogP contribution < -0.4 is 4.74 Å². The Balaban J connectivity index is 1.52. The Morgan fingerprint density at radius 1 is 1.30 bits per heavy atom. The van der Waals surface area contributed by atoms with E-state index in [9.17, 15) is 4.79 Å². The van der Waals surface area contributed by atoms with E-state index in [-0.39, 0.29) is 11.7 Å². The van der Waals surface area contributed by atoms with Gasteiger partial charge in [-0.25, -0.2) is 9.97 Å². The number of likely N-dealkylation sites (tertiary alicyclic amines) is 1. The molecule has 2 aromatic rings. The monoisotopic (exact) mass is 308 g/mol. The van der Waals surface area contributed by atoms with E-state index in [1.807, 2.05) is 41.3 Å². The van der Waals surface area contributed by atoms with E-state index >= 15 is 0 Å². The van der Waals surface area contributed by atoms with Gasteiger partial charge in [0, 0.05) is 24.6 Å². The van der Waals surface area contributed by atoms with Gasteiger partial charge in [-0.2, -0.15) is 5.26 Å².